The third-order valence-electron chi connectivity index (χ3n) is 3.78. The van der Waals surface area contributed by atoms with E-state index in [2.05, 4.69) is 30.2 Å². The lowest BCUT2D eigenvalue weighted by molar-refractivity contribution is -0.121. The first-order chi connectivity index (χ1) is 11.0. The number of rotatable bonds is 6. The highest BCUT2D eigenvalue weighted by molar-refractivity contribution is 5.76. The number of nitriles is 1. The van der Waals surface area contributed by atoms with Gasteiger partial charge in [-0.3, -0.25) is 4.79 Å². The predicted molar refractivity (Wildman–Crippen MR) is 88.6 cm³/mol. The lowest BCUT2D eigenvalue weighted by Crippen LogP contribution is -2.29. The van der Waals surface area contributed by atoms with Crippen LogP contribution in [0.1, 0.15) is 49.2 Å². The van der Waals surface area contributed by atoms with Crippen molar-refractivity contribution < 1.29 is 4.79 Å². The van der Waals surface area contributed by atoms with Gasteiger partial charge in [0.05, 0.1) is 6.07 Å². The molecule has 0 spiro atoms. The Morgan fingerprint density at radius 2 is 2.13 bits per heavy atom. The van der Waals surface area contributed by atoms with E-state index in [1.54, 1.807) is 6.20 Å². The SMILES string of the molecule is Cc1ccccc1C(C#N)NC(=O)CCn1ccnc1C(C)C. The summed E-state index contributed by atoms with van der Waals surface area (Å²) < 4.78 is 1.99. The van der Waals surface area contributed by atoms with Gasteiger partial charge in [0, 0.05) is 31.3 Å². The van der Waals surface area contributed by atoms with E-state index in [-0.39, 0.29) is 5.91 Å². The minimum Gasteiger partial charge on any atom is -0.337 e. The van der Waals surface area contributed by atoms with Crippen molar-refractivity contribution in [3.63, 3.8) is 0 Å². The summed E-state index contributed by atoms with van der Waals surface area (Å²) in [4.78, 5) is 16.5. The molecular weight excluding hydrogens is 288 g/mol. The van der Waals surface area contributed by atoms with Crippen LogP contribution in [-0.2, 0) is 11.3 Å². The van der Waals surface area contributed by atoms with Crippen LogP contribution in [-0.4, -0.2) is 15.5 Å². The number of amides is 1. The van der Waals surface area contributed by atoms with Crippen molar-refractivity contribution in [1.82, 2.24) is 14.9 Å². The van der Waals surface area contributed by atoms with Gasteiger partial charge in [0.15, 0.2) is 0 Å². The average molecular weight is 310 g/mol. The van der Waals surface area contributed by atoms with Crippen LogP contribution in [0.5, 0.6) is 0 Å². The van der Waals surface area contributed by atoms with Crippen molar-refractivity contribution in [3.05, 3.63) is 53.6 Å². The maximum absolute atomic E-state index is 12.2. The number of hydrogen-bond donors (Lipinski definition) is 1. The first-order valence-electron chi connectivity index (χ1n) is 7.78. The normalized spacial score (nSPS) is 12.0. The summed E-state index contributed by atoms with van der Waals surface area (Å²) in [6.07, 6.45) is 3.95. The van der Waals surface area contributed by atoms with Crippen molar-refractivity contribution in [2.75, 3.05) is 0 Å². The van der Waals surface area contributed by atoms with E-state index in [1.807, 2.05) is 42.0 Å². The molecule has 0 fully saturated rings. The molecule has 1 aromatic heterocycles. The number of aryl methyl sites for hydroxylation is 2. The highest BCUT2D eigenvalue weighted by Crippen LogP contribution is 2.17. The molecule has 1 atom stereocenters. The zero-order chi connectivity index (χ0) is 16.8. The molecule has 0 bridgehead atoms. The maximum Gasteiger partial charge on any atom is 0.223 e. The van der Waals surface area contributed by atoms with Crippen molar-refractivity contribution in [2.45, 2.75) is 45.7 Å². The van der Waals surface area contributed by atoms with Gasteiger partial charge in [0.2, 0.25) is 5.91 Å². The van der Waals surface area contributed by atoms with Crippen molar-refractivity contribution in [1.29, 1.82) is 5.26 Å². The predicted octanol–water partition coefficient (Wildman–Crippen LogP) is 3.09. The zero-order valence-corrected chi connectivity index (χ0v) is 13.8. The summed E-state index contributed by atoms with van der Waals surface area (Å²) in [5.74, 6) is 1.14. The molecule has 120 valence electrons. The van der Waals surface area contributed by atoms with Crippen LogP contribution in [0.2, 0.25) is 0 Å². The topological polar surface area (TPSA) is 70.7 Å². The van der Waals surface area contributed by atoms with Crippen LogP contribution in [0, 0.1) is 18.3 Å². The van der Waals surface area contributed by atoms with E-state index in [1.165, 1.54) is 0 Å². The fourth-order valence-corrected chi connectivity index (χ4v) is 2.56. The number of benzene rings is 1. The van der Waals surface area contributed by atoms with E-state index >= 15 is 0 Å². The lowest BCUT2D eigenvalue weighted by atomic mass is 10.0. The van der Waals surface area contributed by atoms with Gasteiger partial charge in [-0.1, -0.05) is 38.1 Å². The van der Waals surface area contributed by atoms with E-state index in [4.69, 9.17) is 0 Å². The number of imidazole rings is 1. The lowest BCUT2D eigenvalue weighted by Gasteiger charge is -2.15. The quantitative estimate of drug-likeness (QED) is 0.891. The highest BCUT2D eigenvalue weighted by Gasteiger charge is 2.16. The molecule has 1 heterocycles. The summed E-state index contributed by atoms with van der Waals surface area (Å²) in [6, 6.07) is 9.15. The Bertz CT molecular complexity index is 712. The Morgan fingerprint density at radius 1 is 1.39 bits per heavy atom. The minimum absolute atomic E-state index is 0.136. The van der Waals surface area contributed by atoms with Gasteiger partial charge in [-0.05, 0) is 18.1 Å². The molecule has 1 amide bonds. The molecule has 23 heavy (non-hydrogen) atoms. The van der Waals surface area contributed by atoms with Gasteiger partial charge >= 0.3 is 0 Å². The second-order valence-electron chi connectivity index (χ2n) is 5.87. The molecule has 0 aliphatic heterocycles. The molecule has 0 aliphatic carbocycles. The van der Waals surface area contributed by atoms with Crippen LogP contribution in [0.3, 0.4) is 0 Å². The summed E-state index contributed by atoms with van der Waals surface area (Å²) in [5.41, 5.74) is 1.84. The molecule has 1 N–H and O–H groups in total. The molecular formula is C18H22N4O. The summed E-state index contributed by atoms with van der Waals surface area (Å²) in [7, 11) is 0. The number of hydrogen-bond acceptors (Lipinski definition) is 3. The molecule has 0 saturated heterocycles. The molecule has 2 aromatic rings. The number of carbonyl (C=O) groups excluding carboxylic acids is 1. The van der Waals surface area contributed by atoms with E-state index < -0.39 is 6.04 Å². The summed E-state index contributed by atoms with van der Waals surface area (Å²) in [5, 5.41) is 12.1. The summed E-state index contributed by atoms with van der Waals surface area (Å²) in [6.45, 7) is 6.64. The third-order valence-corrected chi connectivity index (χ3v) is 3.78. The fourth-order valence-electron chi connectivity index (χ4n) is 2.56. The Kier molecular flexibility index (Phi) is 5.53. The average Bonchev–Trinajstić information content (AvgIpc) is 3.00. The first kappa shape index (κ1) is 16.8. The van der Waals surface area contributed by atoms with Crippen LogP contribution in [0.25, 0.3) is 0 Å². The molecule has 0 aliphatic rings. The highest BCUT2D eigenvalue weighted by atomic mass is 16.1. The second kappa shape index (κ2) is 7.59. The van der Waals surface area contributed by atoms with Crippen LogP contribution < -0.4 is 5.32 Å². The Labute approximate surface area is 137 Å². The van der Waals surface area contributed by atoms with E-state index in [9.17, 15) is 10.1 Å². The smallest absolute Gasteiger partial charge is 0.223 e. The molecule has 1 aromatic carbocycles. The number of nitrogens with zero attached hydrogens (tertiary/aromatic N) is 3. The molecule has 5 nitrogen and oxygen atoms in total. The summed E-state index contributed by atoms with van der Waals surface area (Å²) >= 11 is 0. The first-order valence-corrected chi connectivity index (χ1v) is 7.78. The monoisotopic (exact) mass is 310 g/mol. The van der Waals surface area contributed by atoms with Crippen molar-refractivity contribution in [2.24, 2.45) is 0 Å². The van der Waals surface area contributed by atoms with Gasteiger partial charge in [-0.2, -0.15) is 5.26 Å². The van der Waals surface area contributed by atoms with Gasteiger partial charge in [0.25, 0.3) is 0 Å². The Hall–Kier alpha value is -2.61. The Balaban J connectivity index is 1.97. The molecule has 2 rings (SSSR count). The van der Waals surface area contributed by atoms with Gasteiger partial charge in [0.1, 0.15) is 11.9 Å². The van der Waals surface area contributed by atoms with Gasteiger partial charge in [-0.25, -0.2) is 4.98 Å². The zero-order valence-electron chi connectivity index (χ0n) is 13.8. The standard InChI is InChI=1S/C18H22N4O/c1-13(2)18-20-9-11-22(18)10-8-17(23)21-16(12-19)15-7-5-4-6-14(15)3/h4-7,9,11,13,16H,8,10H2,1-3H3,(H,21,23). The third kappa shape index (κ3) is 4.19. The van der Waals surface area contributed by atoms with Gasteiger partial charge < -0.3 is 9.88 Å². The number of aromatic nitrogens is 2. The van der Waals surface area contributed by atoms with E-state index in [0.717, 1.165) is 17.0 Å². The van der Waals surface area contributed by atoms with Crippen molar-refractivity contribution in [3.8, 4) is 6.07 Å². The van der Waals surface area contributed by atoms with Gasteiger partial charge in [-0.15, -0.1) is 0 Å². The molecule has 1 unspecified atom stereocenters. The van der Waals surface area contributed by atoms with Crippen molar-refractivity contribution >= 4 is 5.91 Å². The molecule has 0 radical (unpaired) electrons. The second-order valence-corrected chi connectivity index (χ2v) is 5.87. The van der Waals surface area contributed by atoms with Crippen LogP contribution in [0.15, 0.2) is 36.7 Å². The number of carbonyl (C=O) groups is 1. The fraction of sp³-hybridized carbons (Fsp3) is 0.389. The maximum atomic E-state index is 12.2. The number of nitrogens with one attached hydrogen (secondary N) is 1. The van der Waals surface area contributed by atoms with Crippen LogP contribution >= 0.6 is 0 Å². The molecule has 5 heteroatoms. The van der Waals surface area contributed by atoms with E-state index in [0.29, 0.717) is 18.9 Å². The Morgan fingerprint density at radius 3 is 2.78 bits per heavy atom. The largest absolute Gasteiger partial charge is 0.337 e. The van der Waals surface area contributed by atoms with Crippen LogP contribution in [0.4, 0.5) is 0 Å². The molecule has 0 saturated carbocycles. The minimum atomic E-state index is -0.615.